The van der Waals surface area contributed by atoms with Crippen LogP contribution in [0.3, 0.4) is 0 Å². The van der Waals surface area contributed by atoms with E-state index in [1.165, 1.54) is 0 Å². The van der Waals surface area contributed by atoms with Crippen molar-refractivity contribution in [2.75, 3.05) is 17.3 Å². The zero-order valence-corrected chi connectivity index (χ0v) is 5.92. The first-order valence-corrected chi connectivity index (χ1v) is 3.35. The van der Waals surface area contributed by atoms with Crippen LogP contribution in [0.2, 0.25) is 0 Å². The highest BCUT2D eigenvalue weighted by Gasteiger charge is 2.21. The monoisotopic (exact) mass is 174 g/mol. The van der Waals surface area contributed by atoms with E-state index in [-0.39, 0.29) is 18.0 Å². The predicted molar refractivity (Wildman–Crippen MR) is 38.4 cm³/mol. The summed E-state index contributed by atoms with van der Waals surface area (Å²) in [5.74, 6) is -3.79. The Hall–Kier alpha value is -1.39. The molecule has 0 atom stereocenters. The molecule has 0 fully saturated rings. The van der Waals surface area contributed by atoms with E-state index >= 15 is 0 Å². The van der Waals surface area contributed by atoms with E-state index in [9.17, 15) is 13.2 Å². The van der Waals surface area contributed by atoms with Crippen LogP contribution in [0.5, 0.6) is 0 Å². The molecule has 1 aliphatic rings. The van der Waals surface area contributed by atoms with Crippen molar-refractivity contribution >= 4 is 11.4 Å². The Balaban J connectivity index is 2.67. The van der Waals surface area contributed by atoms with Crippen LogP contribution in [0, 0.1) is 17.5 Å². The molecule has 2 rings (SSSR count). The van der Waals surface area contributed by atoms with Gasteiger partial charge in [0.25, 0.3) is 0 Å². The standard InChI is InChI=1S/C7H5F3N2/c8-3-1-4-7(12-2-11-4)6(10)5(3)9/h1,11-12H,2H2. The summed E-state index contributed by atoms with van der Waals surface area (Å²) in [7, 11) is 0. The molecule has 0 spiro atoms. The molecule has 2 nitrogen and oxygen atoms in total. The lowest BCUT2D eigenvalue weighted by Gasteiger charge is -2.01. The molecule has 0 aliphatic carbocycles. The quantitative estimate of drug-likeness (QED) is 0.587. The summed E-state index contributed by atoms with van der Waals surface area (Å²) in [6.45, 7) is 0.287. The second kappa shape index (κ2) is 2.30. The van der Waals surface area contributed by atoms with Crippen molar-refractivity contribution in [1.82, 2.24) is 0 Å². The minimum absolute atomic E-state index is 0.00565. The molecule has 0 unspecified atom stereocenters. The molecule has 0 saturated heterocycles. The molecule has 12 heavy (non-hydrogen) atoms. The molecule has 0 aromatic heterocycles. The average molecular weight is 174 g/mol. The van der Waals surface area contributed by atoms with Crippen LogP contribution in [0.15, 0.2) is 6.07 Å². The smallest absolute Gasteiger partial charge is 0.196 e. The first kappa shape index (κ1) is 7.27. The number of benzene rings is 1. The zero-order chi connectivity index (χ0) is 8.72. The van der Waals surface area contributed by atoms with Crippen LogP contribution in [0.25, 0.3) is 0 Å². The van der Waals surface area contributed by atoms with Gasteiger partial charge in [0.05, 0.1) is 18.0 Å². The third kappa shape index (κ3) is 0.823. The fourth-order valence-corrected chi connectivity index (χ4v) is 1.14. The van der Waals surface area contributed by atoms with Gasteiger partial charge >= 0.3 is 0 Å². The molecule has 1 aromatic rings. The van der Waals surface area contributed by atoms with E-state index in [2.05, 4.69) is 10.6 Å². The second-order valence-electron chi connectivity index (χ2n) is 2.44. The van der Waals surface area contributed by atoms with Gasteiger partial charge in [-0.1, -0.05) is 0 Å². The number of nitrogens with one attached hydrogen (secondary N) is 2. The molecule has 64 valence electrons. The van der Waals surface area contributed by atoms with Crippen molar-refractivity contribution in [3.63, 3.8) is 0 Å². The molecular formula is C7H5F3N2. The largest absolute Gasteiger partial charge is 0.366 e. The van der Waals surface area contributed by atoms with Crippen LogP contribution in [-0.2, 0) is 0 Å². The maximum Gasteiger partial charge on any atom is 0.196 e. The van der Waals surface area contributed by atoms with E-state index < -0.39 is 17.5 Å². The van der Waals surface area contributed by atoms with E-state index in [1.54, 1.807) is 0 Å². The highest BCUT2D eigenvalue weighted by molar-refractivity contribution is 5.73. The first-order valence-electron chi connectivity index (χ1n) is 3.35. The van der Waals surface area contributed by atoms with Gasteiger partial charge < -0.3 is 10.6 Å². The van der Waals surface area contributed by atoms with E-state index in [4.69, 9.17) is 0 Å². The van der Waals surface area contributed by atoms with Gasteiger partial charge in [-0.15, -0.1) is 0 Å². The van der Waals surface area contributed by atoms with Gasteiger partial charge in [-0.2, -0.15) is 0 Å². The highest BCUT2D eigenvalue weighted by Crippen LogP contribution is 2.31. The lowest BCUT2D eigenvalue weighted by atomic mass is 10.2. The van der Waals surface area contributed by atoms with Crippen molar-refractivity contribution in [2.45, 2.75) is 0 Å². The van der Waals surface area contributed by atoms with Gasteiger partial charge in [0.15, 0.2) is 17.5 Å². The minimum atomic E-state index is -1.44. The Labute approximate surface area is 66.4 Å². The zero-order valence-electron chi connectivity index (χ0n) is 5.92. The van der Waals surface area contributed by atoms with Crippen LogP contribution < -0.4 is 10.6 Å². The summed E-state index contributed by atoms with van der Waals surface area (Å²) in [5, 5.41) is 5.19. The first-order chi connectivity index (χ1) is 5.70. The normalized spacial score (nSPS) is 13.6. The Bertz CT molecular complexity index is 338. The summed E-state index contributed by atoms with van der Waals surface area (Å²) in [6.07, 6.45) is 0. The number of rotatable bonds is 0. The third-order valence-electron chi connectivity index (χ3n) is 1.71. The van der Waals surface area contributed by atoms with Crippen molar-refractivity contribution in [3.8, 4) is 0 Å². The van der Waals surface area contributed by atoms with Crippen molar-refractivity contribution in [3.05, 3.63) is 23.5 Å². The molecule has 5 heteroatoms. The lowest BCUT2D eigenvalue weighted by Crippen LogP contribution is -1.99. The number of hydrogen-bond donors (Lipinski definition) is 2. The van der Waals surface area contributed by atoms with Gasteiger partial charge in [-0.3, -0.25) is 0 Å². The minimum Gasteiger partial charge on any atom is -0.366 e. The molecule has 1 heterocycles. The molecule has 0 bridgehead atoms. The number of anilines is 2. The van der Waals surface area contributed by atoms with Crippen molar-refractivity contribution in [1.29, 1.82) is 0 Å². The summed E-state index contributed by atoms with van der Waals surface area (Å²) >= 11 is 0. The Morgan fingerprint density at radius 2 is 1.83 bits per heavy atom. The molecule has 0 amide bonds. The lowest BCUT2D eigenvalue weighted by molar-refractivity contribution is 0.450. The molecule has 2 N–H and O–H groups in total. The Morgan fingerprint density at radius 3 is 2.58 bits per heavy atom. The number of fused-ring (bicyclic) bond motifs is 1. The van der Waals surface area contributed by atoms with Crippen LogP contribution in [-0.4, -0.2) is 6.67 Å². The van der Waals surface area contributed by atoms with Gasteiger partial charge in [0.1, 0.15) is 0 Å². The highest BCUT2D eigenvalue weighted by atomic mass is 19.2. The molecule has 1 aliphatic heterocycles. The van der Waals surface area contributed by atoms with Crippen LogP contribution >= 0.6 is 0 Å². The molecule has 0 radical (unpaired) electrons. The summed E-state index contributed by atoms with van der Waals surface area (Å²) in [6, 6.07) is 0.924. The molecule has 1 aromatic carbocycles. The number of halogens is 3. The van der Waals surface area contributed by atoms with Crippen LogP contribution in [0.1, 0.15) is 0 Å². The maximum atomic E-state index is 12.8. The summed E-state index contributed by atoms with van der Waals surface area (Å²) < 4.78 is 38.0. The van der Waals surface area contributed by atoms with E-state index in [0.717, 1.165) is 6.07 Å². The summed E-state index contributed by atoms with van der Waals surface area (Å²) in [4.78, 5) is 0. The van der Waals surface area contributed by atoms with E-state index in [0.29, 0.717) is 0 Å². The average Bonchev–Trinajstić information content (AvgIpc) is 2.48. The number of hydrogen-bond acceptors (Lipinski definition) is 2. The maximum absolute atomic E-state index is 12.8. The Morgan fingerprint density at radius 1 is 1.08 bits per heavy atom. The van der Waals surface area contributed by atoms with E-state index in [1.807, 2.05) is 0 Å². The fourth-order valence-electron chi connectivity index (χ4n) is 1.14. The van der Waals surface area contributed by atoms with Crippen molar-refractivity contribution in [2.24, 2.45) is 0 Å². The molecule has 0 saturated carbocycles. The van der Waals surface area contributed by atoms with Gasteiger partial charge in [-0.05, 0) is 0 Å². The third-order valence-corrected chi connectivity index (χ3v) is 1.71. The topological polar surface area (TPSA) is 24.1 Å². The summed E-state index contributed by atoms with van der Waals surface area (Å²) in [5.41, 5.74) is 0.250. The Kier molecular flexibility index (Phi) is 1.39. The van der Waals surface area contributed by atoms with Gasteiger partial charge in [-0.25, -0.2) is 13.2 Å². The van der Waals surface area contributed by atoms with Gasteiger partial charge in [0.2, 0.25) is 0 Å². The fraction of sp³-hybridized carbons (Fsp3) is 0.143. The van der Waals surface area contributed by atoms with Crippen molar-refractivity contribution < 1.29 is 13.2 Å². The predicted octanol–water partition coefficient (Wildman–Crippen LogP) is 1.90. The SMILES string of the molecule is Fc1cc2c(c(F)c1F)NCN2. The van der Waals surface area contributed by atoms with Crippen LogP contribution in [0.4, 0.5) is 24.5 Å². The molecular weight excluding hydrogens is 169 g/mol. The van der Waals surface area contributed by atoms with Gasteiger partial charge in [0, 0.05) is 6.07 Å². The second-order valence-corrected chi connectivity index (χ2v) is 2.44.